The smallest absolute Gasteiger partial charge is 0.195 e. The van der Waals surface area contributed by atoms with E-state index in [4.69, 9.17) is 10.2 Å². The predicted molar refractivity (Wildman–Crippen MR) is 77.8 cm³/mol. The molecule has 0 aliphatic heterocycles. The Morgan fingerprint density at radius 1 is 1.33 bits per heavy atom. The third-order valence-electron chi connectivity index (χ3n) is 2.95. The quantitative estimate of drug-likeness (QED) is 0.938. The average Bonchev–Trinajstić information content (AvgIpc) is 2.68. The molecule has 1 aromatic heterocycles. The molecule has 2 aromatic rings. The zero-order chi connectivity index (χ0) is 13.3. The van der Waals surface area contributed by atoms with Gasteiger partial charge in [0.15, 0.2) is 11.5 Å². The van der Waals surface area contributed by atoms with E-state index in [1.165, 1.54) is 5.56 Å². The van der Waals surface area contributed by atoms with Crippen LogP contribution < -0.4 is 5.73 Å². The summed E-state index contributed by atoms with van der Waals surface area (Å²) in [5.74, 6) is 0.766. The number of aromatic nitrogens is 1. The minimum absolute atomic E-state index is 0.104. The van der Waals surface area contributed by atoms with Gasteiger partial charge in [0.25, 0.3) is 0 Å². The van der Waals surface area contributed by atoms with Crippen molar-refractivity contribution in [3.05, 3.63) is 28.1 Å². The maximum absolute atomic E-state index is 5.76. The molecule has 98 valence electrons. The number of oxazole rings is 1. The molecule has 4 heteroatoms. The number of aryl methyl sites for hydroxylation is 1. The molecular formula is C14H19BrN2O. The summed E-state index contributed by atoms with van der Waals surface area (Å²) >= 11 is 3.56. The summed E-state index contributed by atoms with van der Waals surface area (Å²) in [6.45, 7) is 7.23. The lowest BCUT2D eigenvalue weighted by Crippen LogP contribution is -2.10. The minimum atomic E-state index is 0.104. The van der Waals surface area contributed by atoms with Crippen molar-refractivity contribution in [2.75, 3.05) is 6.54 Å². The Balaban J connectivity index is 2.46. The van der Waals surface area contributed by atoms with Gasteiger partial charge in [0.05, 0.1) is 4.47 Å². The molecule has 0 fully saturated rings. The molecule has 0 unspecified atom stereocenters. The Morgan fingerprint density at radius 2 is 2.06 bits per heavy atom. The highest BCUT2D eigenvalue weighted by atomic mass is 79.9. The molecule has 2 rings (SSSR count). The van der Waals surface area contributed by atoms with Crippen LogP contribution in [0, 0.1) is 0 Å². The molecule has 1 heterocycles. The van der Waals surface area contributed by atoms with E-state index in [0.29, 0.717) is 6.54 Å². The van der Waals surface area contributed by atoms with Crippen LogP contribution in [0.5, 0.6) is 0 Å². The first-order valence-electron chi connectivity index (χ1n) is 6.21. The maximum atomic E-state index is 5.76. The van der Waals surface area contributed by atoms with Gasteiger partial charge in [-0.05, 0) is 52.0 Å². The minimum Gasteiger partial charge on any atom is -0.440 e. The number of fused-ring (bicyclic) bond motifs is 1. The Kier molecular flexibility index (Phi) is 3.78. The number of nitrogens with two attached hydrogens (primary N) is 1. The summed E-state index contributed by atoms with van der Waals surface area (Å²) in [6.07, 6.45) is 1.69. The predicted octanol–water partition coefficient (Wildman–Crippen LogP) is 3.78. The van der Waals surface area contributed by atoms with Crippen molar-refractivity contribution in [1.29, 1.82) is 0 Å². The summed E-state index contributed by atoms with van der Waals surface area (Å²) in [5.41, 5.74) is 8.60. The summed E-state index contributed by atoms with van der Waals surface area (Å²) in [5, 5.41) is 0. The topological polar surface area (TPSA) is 52.0 Å². The molecule has 0 aliphatic carbocycles. The average molecular weight is 311 g/mol. The van der Waals surface area contributed by atoms with Crippen LogP contribution in [0.2, 0.25) is 0 Å². The van der Waals surface area contributed by atoms with Crippen molar-refractivity contribution in [2.45, 2.75) is 39.0 Å². The van der Waals surface area contributed by atoms with Gasteiger partial charge in [-0.3, -0.25) is 0 Å². The fourth-order valence-electron chi connectivity index (χ4n) is 1.83. The third kappa shape index (κ3) is 2.75. The highest BCUT2D eigenvalue weighted by Gasteiger charge is 2.18. The molecule has 0 amide bonds. The molecule has 1 aromatic carbocycles. The van der Waals surface area contributed by atoms with Crippen LogP contribution in [0.1, 0.15) is 38.6 Å². The summed E-state index contributed by atoms with van der Waals surface area (Å²) < 4.78 is 6.72. The third-order valence-corrected chi connectivity index (χ3v) is 3.54. The van der Waals surface area contributed by atoms with E-state index >= 15 is 0 Å². The van der Waals surface area contributed by atoms with E-state index in [-0.39, 0.29) is 5.41 Å². The summed E-state index contributed by atoms with van der Waals surface area (Å²) in [4.78, 5) is 4.53. The molecule has 0 bridgehead atoms. The van der Waals surface area contributed by atoms with Crippen molar-refractivity contribution in [3.63, 3.8) is 0 Å². The van der Waals surface area contributed by atoms with Crippen molar-refractivity contribution >= 4 is 27.0 Å². The summed E-state index contributed by atoms with van der Waals surface area (Å²) in [6, 6.07) is 4.22. The monoisotopic (exact) mass is 310 g/mol. The van der Waals surface area contributed by atoms with Crippen LogP contribution in [-0.2, 0) is 11.8 Å². The van der Waals surface area contributed by atoms with Gasteiger partial charge in [0.2, 0.25) is 0 Å². The zero-order valence-electron chi connectivity index (χ0n) is 11.1. The molecule has 0 spiro atoms. The second-order valence-electron chi connectivity index (χ2n) is 5.56. The number of benzene rings is 1. The standard InChI is InChI=1S/C14H19BrN2O/c1-14(2,3)9-7-10(15)13-11(8-9)17-12(18-13)5-4-6-16/h7-8H,4-6,16H2,1-3H3. The largest absolute Gasteiger partial charge is 0.440 e. The van der Waals surface area contributed by atoms with E-state index in [1.54, 1.807) is 0 Å². The van der Waals surface area contributed by atoms with Gasteiger partial charge in [-0.2, -0.15) is 0 Å². The van der Waals surface area contributed by atoms with Gasteiger partial charge in [-0.1, -0.05) is 20.8 Å². The van der Waals surface area contributed by atoms with Gasteiger partial charge in [-0.15, -0.1) is 0 Å². The fourth-order valence-corrected chi connectivity index (χ4v) is 2.36. The van der Waals surface area contributed by atoms with E-state index in [9.17, 15) is 0 Å². The maximum Gasteiger partial charge on any atom is 0.195 e. The number of halogens is 1. The first-order valence-corrected chi connectivity index (χ1v) is 7.00. The first-order chi connectivity index (χ1) is 8.41. The number of hydrogen-bond acceptors (Lipinski definition) is 3. The van der Waals surface area contributed by atoms with Crippen LogP contribution in [0.15, 0.2) is 21.0 Å². The van der Waals surface area contributed by atoms with Crippen molar-refractivity contribution in [1.82, 2.24) is 4.98 Å². The highest BCUT2D eigenvalue weighted by Crippen LogP contribution is 2.32. The molecule has 3 nitrogen and oxygen atoms in total. The Labute approximate surface area is 116 Å². The molecule has 0 saturated carbocycles. The van der Waals surface area contributed by atoms with Gasteiger partial charge < -0.3 is 10.2 Å². The van der Waals surface area contributed by atoms with Crippen molar-refractivity contribution in [3.8, 4) is 0 Å². The molecule has 0 atom stereocenters. The molecule has 2 N–H and O–H groups in total. The molecule has 0 aliphatic rings. The van der Waals surface area contributed by atoms with Gasteiger partial charge in [-0.25, -0.2) is 4.98 Å². The lowest BCUT2D eigenvalue weighted by Gasteiger charge is -2.18. The van der Waals surface area contributed by atoms with Crippen LogP contribution >= 0.6 is 15.9 Å². The first kappa shape index (κ1) is 13.6. The van der Waals surface area contributed by atoms with Gasteiger partial charge >= 0.3 is 0 Å². The van der Waals surface area contributed by atoms with Crippen molar-refractivity contribution < 1.29 is 4.42 Å². The second-order valence-corrected chi connectivity index (χ2v) is 6.41. The number of hydrogen-bond donors (Lipinski definition) is 1. The number of nitrogens with zero attached hydrogens (tertiary/aromatic N) is 1. The van der Waals surface area contributed by atoms with Crippen molar-refractivity contribution in [2.24, 2.45) is 5.73 Å². The van der Waals surface area contributed by atoms with Gasteiger partial charge in [0, 0.05) is 6.42 Å². The highest BCUT2D eigenvalue weighted by molar-refractivity contribution is 9.10. The van der Waals surface area contributed by atoms with Crippen LogP contribution in [-0.4, -0.2) is 11.5 Å². The van der Waals surface area contributed by atoms with Crippen LogP contribution in [0.4, 0.5) is 0 Å². The van der Waals surface area contributed by atoms with Crippen LogP contribution in [0.3, 0.4) is 0 Å². The molecule has 18 heavy (non-hydrogen) atoms. The van der Waals surface area contributed by atoms with E-state index in [1.807, 2.05) is 0 Å². The Morgan fingerprint density at radius 3 is 2.67 bits per heavy atom. The second kappa shape index (κ2) is 5.02. The lowest BCUT2D eigenvalue weighted by atomic mass is 9.87. The lowest BCUT2D eigenvalue weighted by molar-refractivity contribution is 0.520. The van der Waals surface area contributed by atoms with E-state index < -0.39 is 0 Å². The normalized spacial score (nSPS) is 12.3. The molecule has 0 saturated heterocycles. The molecule has 0 radical (unpaired) electrons. The SMILES string of the molecule is CC(C)(C)c1cc(Br)c2oc(CCCN)nc2c1. The van der Waals surface area contributed by atoms with E-state index in [2.05, 4.69) is 53.8 Å². The Hall–Kier alpha value is -0.870. The van der Waals surface area contributed by atoms with Gasteiger partial charge in [0.1, 0.15) is 5.52 Å². The zero-order valence-corrected chi connectivity index (χ0v) is 12.7. The Bertz CT molecular complexity index is 555. The van der Waals surface area contributed by atoms with Crippen LogP contribution in [0.25, 0.3) is 11.1 Å². The fraction of sp³-hybridized carbons (Fsp3) is 0.500. The number of rotatable bonds is 3. The van der Waals surface area contributed by atoms with E-state index in [0.717, 1.165) is 34.3 Å². The molecular weight excluding hydrogens is 292 g/mol. The summed E-state index contributed by atoms with van der Waals surface area (Å²) in [7, 11) is 0.